The summed E-state index contributed by atoms with van der Waals surface area (Å²) in [6, 6.07) is 11.8. The maximum absolute atomic E-state index is 12.6. The Morgan fingerprint density at radius 1 is 1.11 bits per heavy atom. The van der Waals surface area contributed by atoms with Crippen LogP contribution in [0.3, 0.4) is 0 Å². The van der Waals surface area contributed by atoms with Crippen molar-refractivity contribution in [3.05, 3.63) is 59.2 Å². The minimum absolute atomic E-state index is 0. The van der Waals surface area contributed by atoms with Crippen LogP contribution in [0, 0.1) is 13.8 Å². The average Bonchev–Trinajstić information content (AvgIpc) is 2.64. The van der Waals surface area contributed by atoms with E-state index in [0.717, 1.165) is 17.7 Å². The molecule has 1 unspecified atom stereocenters. The smallest absolute Gasteiger partial charge is 0.261 e. The summed E-state index contributed by atoms with van der Waals surface area (Å²) in [4.78, 5) is 14.5. The summed E-state index contributed by atoms with van der Waals surface area (Å²) in [7, 11) is -3.70. The molecule has 2 aromatic rings. The Labute approximate surface area is 172 Å². The summed E-state index contributed by atoms with van der Waals surface area (Å²) >= 11 is 0. The molecule has 1 saturated heterocycles. The number of piperazine rings is 1. The molecule has 28 heavy (non-hydrogen) atoms. The number of aryl methyl sites for hydroxylation is 2. The van der Waals surface area contributed by atoms with Crippen LogP contribution in [-0.4, -0.2) is 44.9 Å². The predicted octanol–water partition coefficient (Wildman–Crippen LogP) is 2.96. The molecule has 0 aliphatic carbocycles. The summed E-state index contributed by atoms with van der Waals surface area (Å²) in [5, 5.41) is 3.30. The molecular formula is C20H26ClN3O3S. The minimum Gasteiger partial charge on any atom is -0.336 e. The monoisotopic (exact) mass is 423 g/mol. The van der Waals surface area contributed by atoms with E-state index in [0.29, 0.717) is 24.3 Å². The van der Waals surface area contributed by atoms with Crippen LogP contribution >= 0.6 is 12.4 Å². The molecule has 2 N–H and O–H groups in total. The van der Waals surface area contributed by atoms with Crippen molar-refractivity contribution in [1.29, 1.82) is 0 Å². The lowest BCUT2D eigenvalue weighted by atomic mass is 10.1. The van der Waals surface area contributed by atoms with Crippen LogP contribution in [-0.2, 0) is 10.0 Å². The van der Waals surface area contributed by atoms with Crippen molar-refractivity contribution in [2.45, 2.75) is 31.7 Å². The zero-order valence-corrected chi connectivity index (χ0v) is 17.9. The third kappa shape index (κ3) is 5.04. The van der Waals surface area contributed by atoms with Gasteiger partial charge < -0.3 is 10.2 Å². The fourth-order valence-corrected chi connectivity index (χ4v) is 4.14. The van der Waals surface area contributed by atoms with E-state index in [1.54, 1.807) is 29.2 Å². The maximum atomic E-state index is 12.6. The Kier molecular flexibility index (Phi) is 7.09. The number of hydrogen-bond donors (Lipinski definition) is 2. The molecule has 1 heterocycles. The molecule has 6 nitrogen and oxygen atoms in total. The van der Waals surface area contributed by atoms with Crippen LogP contribution in [0.25, 0.3) is 0 Å². The van der Waals surface area contributed by atoms with Gasteiger partial charge in [0.05, 0.1) is 4.90 Å². The van der Waals surface area contributed by atoms with Crippen LogP contribution in [0.2, 0.25) is 0 Å². The van der Waals surface area contributed by atoms with E-state index < -0.39 is 10.0 Å². The lowest BCUT2D eigenvalue weighted by Gasteiger charge is -2.32. The van der Waals surface area contributed by atoms with E-state index in [4.69, 9.17) is 0 Å². The van der Waals surface area contributed by atoms with Crippen LogP contribution < -0.4 is 10.0 Å². The summed E-state index contributed by atoms with van der Waals surface area (Å²) < 4.78 is 27.8. The number of anilines is 1. The van der Waals surface area contributed by atoms with Gasteiger partial charge in [0.15, 0.2) is 0 Å². The number of carbonyl (C=O) groups is 1. The molecule has 2 aromatic carbocycles. The third-order valence-corrected chi connectivity index (χ3v) is 6.22. The molecule has 0 radical (unpaired) electrons. The number of sulfonamides is 1. The SMILES string of the molecule is Cc1ccc(NS(=O)(=O)c2ccc(C(=O)N3CCNC(C)C3)cc2)cc1C.Cl. The number of nitrogens with one attached hydrogen (secondary N) is 2. The second-order valence-corrected chi connectivity index (χ2v) is 8.72. The summed E-state index contributed by atoms with van der Waals surface area (Å²) in [6.45, 7) is 8.00. The van der Waals surface area contributed by atoms with Crippen molar-refractivity contribution in [3.63, 3.8) is 0 Å². The molecule has 8 heteroatoms. The summed E-state index contributed by atoms with van der Waals surface area (Å²) in [6.07, 6.45) is 0. The van der Waals surface area contributed by atoms with Gasteiger partial charge in [-0.3, -0.25) is 9.52 Å². The van der Waals surface area contributed by atoms with Crippen molar-refractivity contribution in [1.82, 2.24) is 10.2 Å². The van der Waals surface area contributed by atoms with Gasteiger partial charge in [-0.1, -0.05) is 6.07 Å². The van der Waals surface area contributed by atoms with Gasteiger partial charge in [0, 0.05) is 36.9 Å². The lowest BCUT2D eigenvalue weighted by molar-refractivity contribution is 0.0709. The highest BCUT2D eigenvalue weighted by Crippen LogP contribution is 2.20. The van der Waals surface area contributed by atoms with Crippen molar-refractivity contribution in [2.75, 3.05) is 24.4 Å². The van der Waals surface area contributed by atoms with Crippen LogP contribution in [0.4, 0.5) is 5.69 Å². The number of benzene rings is 2. The first kappa shape index (κ1) is 22.2. The van der Waals surface area contributed by atoms with Crippen LogP contribution in [0.1, 0.15) is 28.4 Å². The largest absolute Gasteiger partial charge is 0.336 e. The van der Waals surface area contributed by atoms with E-state index in [9.17, 15) is 13.2 Å². The molecule has 1 atom stereocenters. The van der Waals surface area contributed by atoms with E-state index in [1.165, 1.54) is 12.1 Å². The number of amides is 1. The number of carbonyl (C=O) groups excluding carboxylic acids is 1. The van der Waals surface area contributed by atoms with Gasteiger partial charge in [0.25, 0.3) is 15.9 Å². The fraction of sp³-hybridized carbons (Fsp3) is 0.350. The quantitative estimate of drug-likeness (QED) is 0.792. The van der Waals surface area contributed by atoms with E-state index in [1.807, 2.05) is 26.8 Å². The van der Waals surface area contributed by atoms with Crippen molar-refractivity contribution >= 4 is 34.0 Å². The minimum atomic E-state index is -3.70. The van der Waals surface area contributed by atoms with Crippen molar-refractivity contribution < 1.29 is 13.2 Å². The third-order valence-electron chi connectivity index (χ3n) is 4.83. The fourth-order valence-electron chi connectivity index (χ4n) is 3.10. The van der Waals surface area contributed by atoms with Crippen molar-refractivity contribution in [3.8, 4) is 0 Å². The topological polar surface area (TPSA) is 78.5 Å². The van der Waals surface area contributed by atoms with Crippen LogP contribution in [0.15, 0.2) is 47.4 Å². The molecular weight excluding hydrogens is 398 g/mol. The summed E-state index contributed by atoms with van der Waals surface area (Å²) in [5.41, 5.74) is 3.13. The van der Waals surface area contributed by atoms with E-state index >= 15 is 0 Å². The van der Waals surface area contributed by atoms with Gasteiger partial charge >= 0.3 is 0 Å². The standard InChI is InChI=1S/C20H25N3O3S.ClH/c1-14-4-7-18(12-15(14)2)22-27(25,26)19-8-5-17(6-9-19)20(24)23-11-10-21-16(3)13-23;/h4-9,12,16,21-22H,10-11,13H2,1-3H3;1H. The lowest BCUT2D eigenvalue weighted by Crippen LogP contribution is -2.51. The van der Waals surface area contributed by atoms with Gasteiger partial charge in [-0.25, -0.2) is 8.42 Å². The molecule has 1 amide bonds. The molecule has 0 saturated carbocycles. The Bertz CT molecular complexity index is 946. The zero-order valence-electron chi connectivity index (χ0n) is 16.2. The molecule has 1 aliphatic rings. The number of rotatable bonds is 4. The molecule has 0 aromatic heterocycles. The Hall–Kier alpha value is -2.09. The van der Waals surface area contributed by atoms with E-state index in [2.05, 4.69) is 10.0 Å². The van der Waals surface area contributed by atoms with Gasteiger partial charge in [0.2, 0.25) is 0 Å². The molecule has 1 aliphatic heterocycles. The second kappa shape index (κ2) is 8.94. The molecule has 152 valence electrons. The first-order valence-corrected chi connectivity index (χ1v) is 10.5. The summed E-state index contributed by atoms with van der Waals surface area (Å²) in [5.74, 6) is -0.0746. The first-order chi connectivity index (χ1) is 12.8. The number of halogens is 1. The molecule has 0 bridgehead atoms. The van der Waals surface area contributed by atoms with Gasteiger partial charge in [-0.05, 0) is 68.3 Å². The zero-order chi connectivity index (χ0) is 19.6. The Morgan fingerprint density at radius 3 is 2.39 bits per heavy atom. The van der Waals surface area contributed by atoms with E-state index in [-0.39, 0.29) is 29.3 Å². The van der Waals surface area contributed by atoms with Gasteiger partial charge in [0.1, 0.15) is 0 Å². The first-order valence-electron chi connectivity index (χ1n) is 8.99. The maximum Gasteiger partial charge on any atom is 0.261 e. The second-order valence-electron chi connectivity index (χ2n) is 7.04. The van der Waals surface area contributed by atoms with Crippen LogP contribution in [0.5, 0.6) is 0 Å². The molecule has 1 fully saturated rings. The van der Waals surface area contributed by atoms with Gasteiger partial charge in [-0.2, -0.15) is 0 Å². The predicted molar refractivity (Wildman–Crippen MR) is 114 cm³/mol. The average molecular weight is 424 g/mol. The number of nitrogens with zero attached hydrogens (tertiary/aromatic N) is 1. The van der Waals surface area contributed by atoms with Crippen molar-refractivity contribution in [2.24, 2.45) is 0 Å². The normalized spacial score (nSPS) is 17.0. The Balaban J connectivity index is 0.00000280. The molecule has 0 spiro atoms. The highest BCUT2D eigenvalue weighted by molar-refractivity contribution is 7.92. The highest BCUT2D eigenvalue weighted by Gasteiger charge is 2.22. The highest BCUT2D eigenvalue weighted by atomic mass is 35.5. The number of hydrogen-bond acceptors (Lipinski definition) is 4. The van der Waals surface area contributed by atoms with Gasteiger partial charge in [-0.15, -0.1) is 12.4 Å². The Morgan fingerprint density at radius 2 is 1.79 bits per heavy atom. The molecule has 3 rings (SSSR count).